The van der Waals surface area contributed by atoms with Crippen LogP contribution in [0.2, 0.25) is 0 Å². The molecule has 2 amide bonds. The quantitative estimate of drug-likeness (QED) is 0.771. The van der Waals surface area contributed by atoms with Crippen molar-refractivity contribution in [1.82, 2.24) is 9.80 Å². The molecule has 1 fully saturated rings. The zero-order chi connectivity index (χ0) is 13.9. The third kappa shape index (κ3) is 3.59. The largest absolute Gasteiger partial charge is 0.471 e. The Labute approximate surface area is 103 Å². The molecule has 1 aliphatic heterocycles. The predicted octanol–water partition coefficient (Wildman–Crippen LogP) is -0.186. The van der Waals surface area contributed by atoms with E-state index >= 15 is 0 Å². The lowest BCUT2D eigenvalue weighted by Crippen LogP contribution is -2.41. The summed E-state index contributed by atoms with van der Waals surface area (Å²) in [4.78, 5) is 24.4. The van der Waals surface area contributed by atoms with Crippen LogP contribution in [-0.2, 0) is 9.59 Å². The number of hydrogen-bond donors (Lipinski definition) is 1. The van der Waals surface area contributed by atoms with Crippen LogP contribution in [0.1, 0.15) is 6.42 Å². The molecule has 0 aromatic rings. The summed E-state index contributed by atoms with van der Waals surface area (Å²) in [5.74, 6) is -2.20. The first-order valence-corrected chi connectivity index (χ1v) is 5.55. The number of carbonyl (C=O) groups excluding carboxylic acids is 2. The van der Waals surface area contributed by atoms with Crippen LogP contribution < -0.4 is 5.73 Å². The first-order valence-electron chi connectivity index (χ1n) is 5.55. The number of amides is 2. The van der Waals surface area contributed by atoms with Crippen LogP contribution in [0.5, 0.6) is 0 Å². The monoisotopic (exact) mass is 267 g/mol. The molecule has 0 aliphatic carbocycles. The third-order valence-electron chi connectivity index (χ3n) is 2.95. The Kier molecular flexibility index (Phi) is 4.55. The molecule has 2 N–H and O–H groups in total. The van der Waals surface area contributed by atoms with Crippen molar-refractivity contribution in [1.29, 1.82) is 0 Å². The van der Waals surface area contributed by atoms with Gasteiger partial charge >= 0.3 is 12.1 Å². The van der Waals surface area contributed by atoms with Crippen LogP contribution >= 0.6 is 0 Å². The molecule has 0 bridgehead atoms. The van der Waals surface area contributed by atoms with Gasteiger partial charge in [-0.2, -0.15) is 13.2 Å². The number of nitrogens with zero attached hydrogens (tertiary/aromatic N) is 2. The molecule has 0 radical (unpaired) electrons. The molecule has 0 aromatic heterocycles. The fourth-order valence-electron chi connectivity index (χ4n) is 1.99. The van der Waals surface area contributed by atoms with E-state index in [1.54, 1.807) is 7.05 Å². The molecule has 1 atom stereocenters. The highest BCUT2D eigenvalue weighted by Crippen LogP contribution is 2.24. The Balaban J connectivity index is 2.47. The Morgan fingerprint density at radius 1 is 1.44 bits per heavy atom. The van der Waals surface area contributed by atoms with Crippen LogP contribution in [-0.4, -0.2) is 61.0 Å². The van der Waals surface area contributed by atoms with Gasteiger partial charge in [-0.3, -0.25) is 9.59 Å². The summed E-state index contributed by atoms with van der Waals surface area (Å²) < 4.78 is 36.6. The maximum Gasteiger partial charge on any atom is 0.471 e. The molecular formula is C10H16F3N3O2. The number of likely N-dealkylation sites (N-methyl/N-ethyl adjacent to an activating group) is 1. The summed E-state index contributed by atoms with van der Waals surface area (Å²) in [6, 6.07) is 0. The lowest BCUT2D eigenvalue weighted by molar-refractivity contribution is -0.184. The second-order valence-electron chi connectivity index (χ2n) is 4.38. The van der Waals surface area contributed by atoms with Gasteiger partial charge in [-0.25, -0.2) is 0 Å². The molecule has 1 heterocycles. The standard InChI is InChI=1S/C10H16F3N3O2/c1-15(8(17)4-14)5-7-2-3-16(6-7)9(18)10(11,12)13/h7H,2-6,14H2,1H3. The first kappa shape index (κ1) is 14.7. The van der Waals surface area contributed by atoms with E-state index in [-0.39, 0.29) is 31.5 Å². The van der Waals surface area contributed by atoms with Gasteiger partial charge in [-0.15, -0.1) is 0 Å². The van der Waals surface area contributed by atoms with Crippen LogP contribution in [0.3, 0.4) is 0 Å². The zero-order valence-corrected chi connectivity index (χ0v) is 10.0. The molecule has 0 saturated carbocycles. The van der Waals surface area contributed by atoms with E-state index in [0.29, 0.717) is 13.0 Å². The molecule has 0 aromatic carbocycles. The lowest BCUT2D eigenvalue weighted by atomic mass is 10.1. The van der Waals surface area contributed by atoms with Crippen molar-refractivity contribution in [3.63, 3.8) is 0 Å². The minimum Gasteiger partial charge on any atom is -0.344 e. The second kappa shape index (κ2) is 5.55. The fourth-order valence-corrected chi connectivity index (χ4v) is 1.99. The van der Waals surface area contributed by atoms with Crippen molar-refractivity contribution < 1.29 is 22.8 Å². The van der Waals surface area contributed by atoms with Gasteiger partial charge in [0.15, 0.2) is 0 Å². The maximum atomic E-state index is 12.2. The molecular weight excluding hydrogens is 251 g/mol. The van der Waals surface area contributed by atoms with Gasteiger partial charge in [0, 0.05) is 26.7 Å². The smallest absolute Gasteiger partial charge is 0.344 e. The van der Waals surface area contributed by atoms with Crippen molar-refractivity contribution in [2.75, 3.05) is 33.2 Å². The van der Waals surface area contributed by atoms with Crippen molar-refractivity contribution >= 4 is 11.8 Å². The Hall–Kier alpha value is -1.31. The highest BCUT2D eigenvalue weighted by molar-refractivity contribution is 5.82. The Morgan fingerprint density at radius 3 is 2.56 bits per heavy atom. The zero-order valence-electron chi connectivity index (χ0n) is 10.0. The maximum absolute atomic E-state index is 12.2. The van der Waals surface area contributed by atoms with Gasteiger partial charge in [0.25, 0.3) is 0 Å². The summed E-state index contributed by atoms with van der Waals surface area (Å²) >= 11 is 0. The topological polar surface area (TPSA) is 66.6 Å². The van der Waals surface area contributed by atoms with E-state index in [4.69, 9.17) is 5.73 Å². The fraction of sp³-hybridized carbons (Fsp3) is 0.800. The van der Waals surface area contributed by atoms with Crippen LogP contribution in [0.4, 0.5) is 13.2 Å². The van der Waals surface area contributed by atoms with Gasteiger partial charge in [0.1, 0.15) is 0 Å². The SMILES string of the molecule is CN(CC1CCN(C(=O)C(F)(F)F)C1)C(=O)CN. The number of halogens is 3. The van der Waals surface area contributed by atoms with Crippen molar-refractivity contribution in [2.45, 2.75) is 12.6 Å². The number of hydrogen-bond acceptors (Lipinski definition) is 3. The van der Waals surface area contributed by atoms with E-state index in [1.165, 1.54) is 4.90 Å². The molecule has 1 unspecified atom stereocenters. The summed E-state index contributed by atoms with van der Waals surface area (Å²) in [7, 11) is 1.55. The van der Waals surface area contributed by atoms with E-state index in [2.05, 4.69) is 0 Å². The average Bonchev–Trinajstić information content (AvgIpc) is 2.73. The number of rotatable bonds is 3. The van der Waals surface area contributed by atoms with Gasteiger partial charge in [-0.05, 0) is 12.3 Å². The molecule has 0 spiro atoms. The van der Waals surface area contributed by atoms with Gasteiger partial charge in [-0.1, -0.05) is 0 Å². The van der Waals surface area contributed by atoms with Gasteiger partial charge in [0.2, 0.25) is 5.91 Å². The van der Waals surface area contributed by atoms with Crippen LogP contribution in [0.15, 0.2) is 0 Å². The molecule has 104 valence electrons. The van der Waals surface area contributed by atoms with E-state index in [0.717, 1.165) is 4.90 Å². The summed E-state index contributed by atoms with van der Waals surface area (Å²) in [6.07, 6.45) is -4.36. The first-order chi connectivity index (χ1) is 8.25. The highest BCUT2D eigenvalue weighted by atomic mass is 19.4. The third-order valence-corrected chi connectivity index (χ3v) is 2.95. The Morgan fingerprint density at radius 2 is 2.06 bits per heavy atom. The second-order valence-corrected chi connectivity index (χ2v) is 4.38. The molecule has 1 saturated heterocycles. The summed E-state index contributed by atoms with van der Waals surface area (Å²) in [6.45, 7) is 0.292. The molecule has 1 rings (SSSR count). The average molecular weight is 267 g/mol. The lowest BCUT2D eigenvalue weighted by Gasteiger charge is -2.21. The molecule has 5 nitrogen and oxygen atoms in total. The minimum atomic E-state index is -4.83. The number of carbonyl (C=O) groups is 2. The normalized spacial score (nSPS) is 20.1. The van der Waals surface area contributed by atoms with Gasteiger partial charge in [0.05, 0.1) is 6.54 Å². The molecule has 1 aliphatic rings. The summed E-state index contributed by atoms with van der Waals surface area (Å²) in [5, 5.41) is 0. The van der Waals surface area contributed by atoms with E-state index in [9.17, 15) is 22.8 Å². The van der Waals surface area contributed by atoms with Crippen molar-refractivity contribution in [3.8, 4) is 0 Å². The number of alkyl halides is 3. The minimum absolute atomic E-state index is 0.0283. The van der Waals surface area contributed by atoms with Crippen molar-refractivity contribution in [2.24, 2.45) is 11.7 Å². The van der Waals surface area contributed by atoms with Crippen LogP contribution in [0.25, 0.3) is 0 Å². The Bertz CT molecular complexity index is 333. The number of nitrogens with two attached hydrogens (primary N) is 1. The van der Waals surface area contributed by atoms with Gasteiger partial charge < -0.3 is 15.5 Å². The van der Waals surface area contributed by atoms with E-state index < -0.39 is 12.1 Å². The summed E-state index contributed by atoms with van der Waals surface area (Å²) in [5.41, 5.74) is 5.18. The van der Waals surface area contributed by atoms with Crippen LogP contribution in [0, 0.1) is 5.92 Å². The van der Waals surface area contributed by atoms with E-state index in [1.807, 2.05) is 0 Å². The highest BCUT2D eigenvalue weighted by Gasteiger charge is 2.44. The van der Waals surface area contributed by atoms with Crippen molar-refractivity contribution in [3.05, 3.63) is 0 Å². The predicted molar refractivity (Wildman–Crippen MR) is 57.4 cm³/mol. The molecule has 8 heteroatoms. The number of likely N-dealkylation sites (tertiary alicyclic amines) is 1. The molecule has 18 heavy (non-hydrogen) atoms.